The molecule has 0 aliphatic carbocycles. The number of para-hydroxylation sites is 1. The Bertz CT molecular complexity index is 1050. The van der Waals surface area contributed by atoms with Crippen LogP contribution in [0.3, 0.4) is 0 Å². The highest BCUT2D eigenvalue weighted by Gasteiger charge is 2.14. The summed E-state index contributed by atoms with van der Waals surface area (Å²) in [4.78, 5) is 23.5. The normalized spacial score (nSPS) is 10.6. The van der Waals surface area contributed by atoms with Crippen molar-refractivity contribution in [2.75, 3.05) is 5.32 Å². The predicted octanol–water partition coefficient (Wildman–Crippen LogP) is 3.80. The van der Waals surface area contributed by atoms with Crippen LogP contribution >= 0.6 is 0 Å². The van der Waals surface area contributed by atoms with Crippen molar-refractivity contribution < 1.29 is 18.7 Å². The van der Waals surface area contributed by atoms with Gasteiger partial charge in [-0.1, -0.05) is 42.0 Å². The van der Waals surface area contributed by atoms with Crippen LogP contribution in [0.2, 0.25) is 0 Å². The van der Waals surface area contributed by atoms with Gasteiger partial charge in [0.2, 0.25) is 0 Å². The van der Waals surface area contributed by atoms with Crippen molar-refractivity contribution in [2.24, 2.45) is 5.10 Å². The Balaban J connectivity index is 1.47. The van der Waals surface area contributed by atoms with Gasteiger partial charge < -0.3 is 10.1 Å². The molecule has 0 saturated carbocycles. The second kappa shape index (κ2) is 9.97. The molecular weight excluding hydrogens is 385 g/mol. The van der Waals surface area contributed by atoms with Crippen LogP contribution in [-0.2, 0) is 16.2 Å². The third-order valence-corrected chi connectivity index (χ3v) is 4.11. The Morgan fingerprint density at radius 1 is 0.967 bits per heavy atom. The maximum atomic E-state index is 13.5. The van der Waals surface area contributed by atoms with Crippen LogP contribution in [-0.4, -0.2) is 18.0 Å². The zero-order valence-corrected chi connectivity index (χ0v) is 16.3. The van der Waals surface area contributed by atoms with Gasteiger partial charge in [-0.3, -0.25) is 9.59 Å². The maximum absolute atomic E-state index is 13.5. The molecule has 6 nitrogen and oxygen atoms in total. The van der Waals surface area contributed by atoms with E-state index in [1.165, 1.54) is 30.0 Å². The molecule has 0 bridgehead atoms. The Morgan fingerprint density at radius 2 is 1.67 bits per heavy atom. The summed E-state index contributed by atoms with van der Waals surface area (Å²) in [5.74, 6) is -1.96. The molecule has 0 unspecified atom stereocenters. The van der Waals surface area contributed by atoms with Crippen molar-refractivity contribution in [3.63, 3.8) is 0 Å². The van der Waals surface area contributed by atoms with Gasteiger partial charge >= 0.3 is 11.8 Å². The number of hydrazone groups is 1. The van der Waals surface area contributed by atoms with Gasteiger partial charge in [-0.2, -0.15) is 5.10 Å². The van der Waals surface area contributed by atoms with Crippen molar-refractivity contribution >= 4 is 23.7 Å². The number of benzene rings is 3. The molecule has 2 N–H and O–H groups in total. The number of ether oxygens (including phenoxy) is 1. The zero-order chi connectivity index (χ0) is 21.3. The summed E-state index contributed by atoms with van der Waals surface area (Å²) in [6.45, 7) is 2.49. The summed E-state index contributed by atoms with van der Waals surface area (Å²) in [6, 6.07) is 20.7. The smallest absolute Gasteiger partial charge is 0.329 e. The first kappa shape index (κ1) is 20.7. The lowest BCUT2D eigenvalue weighted by Crippen LogP contribution is -2.32. The van der Waals surface area contributed by atoms with Crippen molar-refractivity contribution in [1.29, 1.82) is 0 Å². The first-order valence-corrected chi connectivity index (χ1v) is 9.18. The van der Waals surface area contributed by atoms with E-state index >= 15 is 0 Å². The number of carbonyl (C=O) groups is 2. The summed E-state index contributed by atoms with van der Waals surface area (Å²) in [7, 11) is 0. The molecule has 0 spiro atoms. The van der Waals surface area contributed by atoms with E-state index < -0.39 is 17.6 Å². The average Bonchev–Trinajstić information content (AvgIpc) is 2.76. The van der Waals surface area contributed by atoms with E-state index in [0.29, 0.717) is 17.9 Å². The SMILES string of the molecule is Cc1ccc(COc2ccc(/C=N\NC(=O)C(=O)Nc3ccccc3F)cc2)cc1. The summed E-state index contributed by atoms with van der Waals surface area (Å²) >= 11 is 0. The van der Waals surface area contributed by atoms with Crippen LogP contribution in [0.4, 0.5) is 10.1 Å². The number of amides is 2. The monoisotopic (exact) mass is 405 g/mol. The third kappa shape index (κ3) is 6.00. The lowest BCUT2D eigenvalue weighted by Gasteiger charge is -2.07. The number of halogens is 1. The molecule has 3 aromatic carbocycles. The van der Waals surface area contributed by atoms with Gasteiger partial charge in [0, 0.05) is 0 Å². The minimum atomic E-state index is -1.02. The van der Waals surface area contributed by atoms with Gasteiger partial charge in [0.1, 0.15) is 18.2 Å². The molecule has 3 aromatic rings. The van der Waals surface area contributed by atoms with E-state index in [2.05, 4.69) is 15.8 Å². The summed E-state index contributed by atoms with van der Waals surface area (Å²) in [6.07, 6.45) is 1.39. The fraction of sp³-hybridized carbons (Fsp3) is 0.0870. The maximum Gasteiger partial charge on any atom is 0.329 e. The number of aryl methyl sites for hydroxylation is 1. The van der Waals surface area contributed by atoms with Gasteiger partial charge in [-0.05, 0) is 54.4 Å². The summed E-state index contributed by atoms with van der Waals surface area (Å²) in [5, 5.41) is 5.92. The molecule has 152 valence electrons. The van der Waals surface area contributed by atoms with Crippen LogP contribution in [0.1, 0.15) is 16.7 Å². The molecule has 3 rings (SSSR count). The number of nitrogens with one attached hydrogen (secondary N) is 2. The molecule has 0 heterocycles. The molecule has 7 heteroatoms. The highest BCUT2D eigenvalue weighted by molar-refractivity contribution is 6.39. The first-order valence-electron chi connectivity index (χ1n) is 9.18. The Hall–Kier alpha value is -4.00. The quantitative estimate of drug-likeness (QED) is 0.372. The van der Waals surface area contributed by atoms with Gasteiger partial charge in [-0.25, -0.2) is 9.82 Å². The second-order valence-corrected chi connectivity index (χ2v) is 6.48. The third-order valence-electron chi connectivity index (χ3n) is 4.11. The van der Waals surface area contributed by atoms with E-state index in [0.717, 1.165) is 5.56 Å². The molecule has 0 fully saturated rings. The van der Waals surface area contributed by atoms with Gasteiger partial charge in [0.05, 0.1) is 11.9 Å². The van der Waals surface area contributed by atoms with E-state index in [4.69, 9.17) is 4.74 Å². The Morgan fingerprint density at radius 3 is 2.37 bits per heavy atom. The van der Waals surface area contributed by atoms with Crippen molar-refractivity contribution in [2.45, 2.75) is 13.5 Å². The minimum Gasteiger partial charge on any atom is -0.489 e. The molecule has 0 aromatic heterocycles. The van der Waals surface area contributed by atoms with E-state index in [1.807, 2.05) is 31.2 Å². The first-order chi connectivity index (χ1) is 14.5. The fourth-order valence-electron chi connectivity index (χ4n) is 2.46. The number of anilines is 1. The molecule has 0 aliphatic heterocycles. The van der Waals surface area contributed by atoms with Crippen LogP contribution in [0, 0.1) is 12.7 Å². The van der Waals surface area contributed by atoms with Crippen molar-refractivity contribution in [1.82, 2.24) is 5.43 Å². The number of hydrogen-bond acceptors (Lipinski definition) is 4. The van der Waals surface area contributed by atoms with E-state index in [-0.39, 0.29) is 5.69 Å². The van der Waals surface area contributed by atoms with Gasteiger partial charge in [-0.15, -0.1) is 0 Å². The number of rotatable bonds is 6. The van der Waals surface area contributed by atoms with E-state index in [9.17, 15) is 14.0 Å². The molecule has 30 heavy (non-hydrogen) atoms. The van der Waals surface area contributed by atoms with Crippen LogP contribution in [0.5, 0.6) is 5.75 Å². The predicted molar refractivity (Wildman–Crippen MR) is 113 cm³/mol. The summed E-state index contributed by atoms with van der Waals surface area (Å²) in [5.41, 5.74) is 4.99. The molecular formula is C23H20FN3O3. The van der Waals surface area contributed by atoms with Crippen LogP contribution in [0.25, 0.3) is 0 Å². The lowest BCUT2D eigenvalue weighted by molar-refractivity contribution is -0.136. The van der Waals surface area contributed by atoms with E-state index in [1.54, 1.807) is 30.3 Å². The second-order valence-electron chi connectivity index (χ2n) is 6.48. The zero-order valence-electron chi connectivity index (χ0n) is 16.3. The average molecular weight is 405 g/mol. The Labute approximate surface area is 173 Å². The molecule has 0 aliphatic rings. The van der Waals surface area contributed by atoms with Crippen LogP contribution in [0.15, 0.2) is 77.9 Å². The standard InChI is InChI=1S/C23H20FN3O3/c1-16-6-8-18(9-7-16)15-30-19-12-10-17(11-13-19)14-25-27-23(29)22(28)26-21-5-3-2-4-20(21)24/h2-14H,15H2,1H3,(H,26,28)(H,27,29)/b25-14-. The Kier molecular flexibility index (Phi) is 6.89. The van der Waals surface area contributed by atoms with Crippen LogP contribution < -0.4 is 15.5 Å². The van der Waals surface area contributed by atoms with Crippen molar-refractivity contribution in [3.8, 4) is 5.75 Å². The minimum absolute atomic E-state index is 0.0807. The number of carbonyl (C=O) groups excluding carboxylic acids is 2. The largest absolute Gasteiger partial charge is 0.489 e. The number of nitrogens with zero attached hydrogens (tertiary/aromatic N) is 1. The summed E-state index contributed by atoms with van der Waals surface area (Å²) < 4.78 is 19.2. The molecule has 0 saturated heterocycles. The molecule has 0 radical (unpaired) electrons. The number of hydrogen-bond donors (Lipinski definition) is 2. The molecule has 0 atom stereocenters. The topological polar surface area (TPSA) is 79.8 Å². The highest BCUT2D eigenvalue weighted by Crippen LogP contribution is 2.14. The van der Waals surface area contributed by atoms with Gasteiger partial charge in [0.25, 0.3) is 0 Å². The fourth-order valence-corrected chi connectivity index (χ4v) is 2.46. The highest BCUT2D eigenvalue weighted by atomic mass is 19.1. The van der Waals surface area contributed by atoms with Gasteiger partial charge in [0.15, 0.2) is 0 Å². The van der Waals surface area contributed by atoms with Crippen molar-refractivity contribution in [3.05, 3.63) is 95.3 Å². The lowest BCUT2D eigenvalue weighted by atomic mass is 10.2. The molecule has 2 amide bonds.